The van der Waals surface area contributed by atoms with Crippen molar-refractivity contribution in [2.45, 2.75) is 13.3 Å². The van der Waals surface area contributed by atoms with Crippen molar-refractivity contribution in [2.24, 2.45) is 0 Å². The predicted molar refractivity (Wildman–Crippen MR) is 73.7 cm³/mol. The molecule has 2 rings (SSSR count). The second-order valence-corrected chi connectivity index (χ2v) is 4.38. The molecular weight excluding hydrogens is 262 g/mol. The Balaban J connectivity index is 2.83. The Kier molecular flexibility index (Phi) is 3.65. The first-order valence-electron chi connectivity index (χ1n) is 5.97. The van der Waals surface area contributed by atoms with Gasteiger partial charge in [0.05, 0.1) is 31.5 Å². The fourth-order valence-electron chi connectivity index (χ4n) is 2.14. The first kappa shape index (κ1) is 13.9. The summed E-state index contributed by atoms with van der Waals surface area (Å²) in [6.07, 6.45) is -0.323. The Labute approximate surface area is 115 Å². The highest BCUT2D eigenvalue weighted by molar-refractivity contribution is 5.87. The number of aromatic nitrogens is 1. The summed E-state index contributed by atoms with van der Waals surface area (Å²) in [5.41, 5.74) is 0.967. The number of carbonyl (C=O) groups is 1. The number of benzene rings is 1. The van der Waals surface area contributed by atoms with E-state index in [1.54, 1.807) is 19.1 Å². The quantitative estimate of drug-likeness (QED) is 0.883. The van der Waals surface area contributed by atoms with Crippen molar-refractivity contribution in [3.05, 3.63) is 33.6 Å². The van der Waals surface area contributed by atoms with Gasteiger partial charge in [-0.3, -0.25) is 9.59 Å². The molecule has 0 unspecified atom stereocenters. The standard InChI is InChI=1S/C14H15NO5/c1-7-9(6-12(16)17)14(18)10-4-8(19-2)5-11(20-3)13(10)15-7/h4-5H,6H2,1-3H3,(H,15,18)(H,16,17). The van der Waals surface area contributed by atoms with E-state index < -0.39 is 5.97 Å². The minimum Gasteiger partial charge on any atom is -0.497 e. The van der Waals surface area contributed by atoms with Crippen LogP contribution in [0.2, 0.25) is 0 Å². The number of ether oxygens (including phenoxy) is 2. The molecule has 0 saturated heterocycles. The number of methoxy groups -OCH3 is 2. The summed E-state index contributed by atoms with van der Waals surface area (Å²) in [6.45, 7) is 1.67. The zero-order chi connectivity index (χ0) is 14.9. The van der Waals surface area contributed by atoms with E-state index in [1.807, 2.05) is 0 Å². The molecule has 0 aliphatic heterocycles. The van der Waals surface area contributed by atoms with Gasteiger partial charge in [0.15, 0.2) is 5.43 Å². The maximum absolute atomic E-state index is 12.4. The maximum atomic E-state index is 12.4. The van der Waals surface area contributed by atoms with Crippen LogP contribution in [-0.4, -0.2) is 30.3 Å². The van der Waals surface area contributed by atoms with Gasteiger partial charge in [-0.05, 0) is 13.0 Å². The topological polar surface area (TPSA) is 88.6 Å². The van der Waals surface area contributed by atoms with Crippen LogP contribution in [0.15, 0.2) is 16.9 Å². The van der Waals surface area contributed by atoms with E-state index in [9.17, 15) is 9.59 Å². The van der Waals surface area contributed by atoms with Crippen molar-refractivity contribution < 1.29 is 19.4 Å². The van der Waals surface area contributed by atoms with Crippen LogP contribution < -0.4 is 14.9 Å². The highest BCUT2D eigenvalue weighted by Gasteiger charge is 2.16. The van der Waals surface area contributed by atoms with Crippen molar-refractivity contribution >= 4 is 16.9 Å². The predicted octanol–water partition coefficient (Wildman–Crippen LogP) is 1.48. The monoisotopic (exact) mass is 277 g/mol. The van der Waals surface area contributed by atoms with Crippen molar-refractivity contribution in [3.63, 3.8) is 0 Å². The van der Waals surface area contributed by atoms with Gasteiger partial charge in [0, 0.05) is 17.3 Å². The second kappa shape index (κ2) is 5.24. The molecule has 6 heteroatoms. The molecule has 1 aromatic heterocycles. The minimum atomic E-state index is -1.05. The van der Waals surface area contributed by atoms with Gasteiger partial charge in [0.25, 0.3) is 0 Å². The molecule has 0 radical (unpaired) electrons. The van der Waals surface area contributed by atoms with E-state index in [0.717, 1.165) is 0 Å². The van der Waals surface area contributed by atoms with Crippen molar-refractivity contribution in [1.29, 1.82) is 0 Å². The highest BCUT2D eigenvalue weighted by Crippen LogP contribution is 2.28. The van der Waals surface area contributed by atoms with E-state index in [2.05, 4.69) is 4.98 Å². The Bertz CT molecular complexity index is 732. The van der Waals surface area contributed by atoms with E-state index in [1.165, 1.54) is 14.2 Å². The van der Waals surface area contributed by atoms with Gasteiger partial charge in [-0.15, -0.1) is 0 Å². The van der Waals surface area contributed by atoms with Crippen LogP contribution >= 0.6 is 0 Å². The zero-order valence-corrected chi connectivity index (χ0v) is 11.4. The third-order valence-electron chi connectivity index (χ3n) is 3.14. The van der Waals surface area contributed by atoms with Crippen LogP contribution in [0.4, 0.5) is 0 Å². The van der Waals surface area contributed by atoms with Crippen molar-refractivity contribution in [3.8, 4) is 11.5 Å². The molecule has 2 aromatic rings. The van der Waals surface area contributed by atoms with Crippen LogP contribution in [0, 0.1) is 6.92 Å². The van der Waals surface area contributed by atoms with E-state index in [4.69, 9.17) is 14.6 Å². The van der Waals surface area contributed by atoms with Crippen LogP contribution in [0.1, 0.15) is 11.3 Å². The molecule has 0 aliphatic rings. The summed E-state index contributed by atoms with van der Waals surface area (Å²) in [4.78, 5) is 26.3. The number of carboxylic acids is 1. The average molecular weight is 277 g/mol. The van der Waals surface area contributed by atoms with Gasteiger partial charge in [-0.25, -0.2) is 0 Å². The summed E-state index contributed by atoms with van der Waals surface area (Å²) in [6, 6.07) is 3.23. The SMILES string of the molecule is COc1cc(OC)c2[nH]c(C)c(CC(=O)O)c(=O)c2c1. The molecular formula is C14H15NO5. The van der Waals surface area contributed by atoms with Crippen LogP contribution in [0.25, 0.3) is 10.9 Å². The molecule has 106 valence electrons. The summed E-state index contributed by atoms with van der Waals surface area (Å²) >= 11 is 0. The van der Waals surface area contributed by atoms with Gasteiger partial charge >= 0.3 is 5.97 Å². The molecule has 0 aliphatic carbocycles. The second-order valence-electron chi connectivity index (χ2n) is 4.38. The first-order valence-corrected chi connectivity index (χ1v) is 5.97. The smallest absolute Gasteiger partial charge is 0.308 e. The Morgan fingerprint density at radius 2 is 2.00 bits per heavy atom. The number of fused-ring (bicyclic) bond motifs is 1. The highest BCUT2D eigenvalue weighted by atomic mass is 16.5. The van der Waals surface area contributed by atoms with Crippen molar-refractivity contribution in [2.75, 3.05) is 14.2 Å². The average Bonchev–Trinajstić information content (AvgIpc) is 2.42. The Morgan fingerprint density at radius 3 is 2.55 bits per heavy atom. The van der Waals surface area contributed by atoms with E-state index >= 15 is 0 Å². The number of carboxylic acid groups (broad SMARTS) is 1. The lowest BCUT2D eigenvalue weighted by atomic mass is 10.1. The summed E-state index contributed by atoms with van der Waals surface area (Å²) in [7, 11) is 2.98. The molecule has 0 spiro atoms. The third kappa shape index (κ3) is 2.32. The molecule has 0 amide bonds. The first-order chi connectivity index (χ1) is 9.47. The maximum Gasteiger partial charge on any atom is 0.308 e. The van der Waals surface area contributed by atoms with Gasteiger partial charge in [0.2, 0.25) is 0 Å². The summed E-state index contributed by atoms with van der Waals surface area (Å²) in [5, 5.41) is 9.24. The van der Waals surface area contributed by atoms with Gasteiger partial charge < -0.3 is 19.6 Å². The van der Waals surface area contributed by atoms with Gasteiger partial charge in [0.1, 0.15) is 11.5 Å². The fourth-order valence-corrected chi connectivity index (χ4v) is 2.14. The Hall–Kier alpha value is -2.50. The molecule has 1 heterocycles. The molecule has 0 saturated carbocycles. The van der Waals surface area contributed by atoms with Gasteiger partial charge in [-0.2, -0.15) is 0 Å². The largest absolute Gasteiger partial charge is 0.497 e. The number of aliphatic carboxylic acids is 1. The number of hydrogen-bond donors (Lipinski definition) is 2. The molecule has 0 atom stereocenters. The number of pyridine rings is 1. The molecule has 2 N–H and O–H groups in total. The molecule has 6 nitrogen and oxygen atoms in total. The number of aryl methyl sites for hydroxylation is 1. The molecule has 0 fully saturated rings. The Morgan fingerprint density at radius 1 is 1.30 bits per heavy atom. The van der Waals surface area contributed by atoms with Gasteiger partial charge in [-0.1, -0.05) is 0 Å². The van der Waals surface area contributed by atoms with E-state index in [-0.39, 0.29) is 17.4 Å². The van der Waals surface area contributed by atoms with E-state index in [0.29, 0.717) is 28.1 Å². The lowest BCUT2D eigenvalue weighted by Crippen LogP contribution is -2.17. The number of aromatic amines is 1. The van der Waals surface area contributed by atoms with Crippen LogP contribution in [0.3, 0.4) is 0 Å². The number of H-pyrrole nitrogens is 1. The minimum absolute atomic E-state index is 0.236. The van der Waals surface area contributed by atoms with Crippen LogP contribution in [0.5, 0.6) is 11.5 Å². The number of nitrogens with one attached hydrogen (secondary N) is 1. The molecule has 0 bridgehead atoms. The summed E-state index contributed by atoms with van der Waals surface area (Å²) < 4.78 is 10.4. The number of hydrogen-bond acceptors (Lipinski definition) is 4. The zero-order valence-electron chi connectivity index (χ0n) is 11.4. The fraction of sp³-hybridized carbons (Fsp3) is 0.286. The normalized spacial score (nSPS) is 10.6. The van der Waals surface area contributed by atoms with Crippen LogP contribution in [-0.2, 0) is 11.2 Å². The molecule has 20 heavy (non-hydrogen) atoms. The lowest BCUT2D eigenvalue weighted by Gasteiger charge is -2.11. The lowest BCUT2D eigenvalue weighted by molar-refractivity contribution is -0.136. The van der Waals surface area contributed by atoms with Crippen molar-refractivity contribution in [1.82, 2.24) is 4.98 Å². The number of rotatable bonds is 4. The third-order valence-corrected chi connectivity index (χ3v) is 3.14. The molecule has 1 aromatic carbocycles. The summed E-state index contributed by atoms with van der Waals surface area (Å²) in [5.74, 6) is -0.0979.